The highest BCUT2D eigenvalue weighted by molar-refractivity contribution is 7.46. The van der Waals surface area contributed by atoms with Crippen LogP contribution in [0.15, 0.2) is 65.7 Å². The minimum atomic E-state index is -4.96. The van der Waals surface area contributed by atoms with Crippen molar-refractivity contribution in [1.29, 1.82) is 0 Å². The lowest BCUT2D eigenvalue weighted by Gasteiger charge is -2.25. The van der Waals surface area contributed by atoms with Gasteiger partial charge in [-0.05, 0) is 72.9 Å². The number of phosphoric ester groups is 1. The van der Waals surface area contributed by atoms with E-state index in [-0.39, 0.29) is 17.3 Å². The summed E-state index contributed by atoms with van der Waals surface area (Å²) in [4.78, 5) is 40.0. The normalized spacial score (nSPS) is 14.4. The van der Waals surface area contributed by atoms with Crippen molar-refractivity contribution in [2.75, 3.05) is 4.90 Å². The predicted molar refractivity (Wildman–Crippen MR) is 125 cm³/mol. The monoisotopic (exact) mass is 538 g/mol. The van der Waals surface area contributed by atoms with Crippen molar-refractivity contribution in [2.24, 2.45) is 10.7 Å². The Morgan fingerprint density at radius 1 is 1.11 bits per heavy atom. The van der Waals surface area contributed by atoms with Crippen LogP contribution < -0.4 is 15.2 Å². The molecule has 2 aromatic carbocycles. The van der Waals surface area contributed by atoms with Crippen LogP contribution in [-0.4, -0.2) is 26.6 Å². The molecule has 1 aromatic heterocycles. The summed E-state index contributed by atoms with van der Waals surface area (Å²) in [7, 11) is -4.96. The van der Waals surface area contributed by atoms with Crippen molar-refractivity contribution < 1.29 is 41.2 Å². The van der Waals surface area contributed by atoms with Crippen LogP contribution in [0, 0.1) is 5.82 Å². The van der Waals surface area contributed by atoms with Crippen molar-refractivity contribution in [3.8, 4) is 5.88 Å². The molecule has 4 rings (SSSR count). The van der Waals surface area contributed by atoms with Gasteiger partial charge >= 0.3 is 14.0 Å². The van der Waals surface area contributed by atoms with Gasteiger partial charge in [0.15, 0.2) is 0 Å². The summed E-state index contributed by atoms with van der Waals surface area (Å²) in [6.07, 6.45) is -3.06. The number of aliphatic imine (C=N–C) groups is 1. The molecule has 14 heteroatoms. The molecular formula is C23H19F4N4O5P. The van der Waals surface area contributed by atoms with E-state index in [0.717, 1.165) is 43.2 Å². The molecule has 1 fully saturated rings. The Kier molecular flexibility index (Phi) is 7.05. The molecule has 194 valence electrons. The highest BCUT2D eigenvalue weighted by Gasteiger charge is 2.32. The van der Waals surface area contributed by atoms with E-state index < -0.39 is 43.1 Å². The summed E-state index contributed by atoms with van der Waals surface area (Å²) in [5.74, 6) is -2.50. The molecule has 0 spiro atoms. The van der Waals surface area contributed by atoms with Crippen molar-refractivity contribution >= 4 is 31.2 Å². The number of pyridine rings is 1. The van der Waals surface area contributed by atoms with E-state index in [1.54, 1.807) is 0 Å². The fourth-order valence-corrected chi connectivity index (χ4v) is 3.88. The SMILES string of the molecule is NC(=NC(=O)c1ccc(C(F)(F)F)cc1)N(c1cccc(OP(=O)(O)O)n1)c1ccc(F)cc1C1CC1. The molecule has 1 aliphatic rings. The van der Waals surface area contributed by atoms with E-state index in [1.807, 2.05) is 0 Å². The standard InChI is InChI=1S/C23H19F4N4O5P/c24-16-10-11-18(17(12-16)13-4-5-13)31(19-2-1-3-20(29-19)36-37(33,34)35)22(28)30-21(32)14-6-8-15(9-7-14)23(25,26)27/h1-3,6-13H,4-5H2,(H2,28,30,32)(H2,33,34,35). The number of carbonyl (C=O) groups excluding carboxylic acids is 1. The zero-order valence-electron chi connectivity index (χ0n) is 18.8. The largest absolute Gasteiger partial charge is 0.526 e. The quantitative estimate of drug-likeness (QED) is 0.175. The van der Waals surface area contributed by atoms with E-state index in [0.29, 0.717) is 11.3 Å². The number of aromatic nitrogens is 1. The van der Waals surface area contributed by atoms with Gasteiger partial charge in [-0.3, -0.25) is 19.5 Å². The summed E-state index contributed by atoms with van der Waals surface area (Å²) in [6, 6.07) is 11.1. The second kappa shape index (κ2) is 9.92. The lowest BCUT2D eigenvalue weighted by atomic mass is 10.1. The Bertz CT molecular complexity index is 1400. The third-order valence-electron chi connectivity index (χ3n) is 5.30. The fraction of sp³-hybridized carbons (Fsp3) is 0.174. The number of carbonyl (C=O) groups is 1. The van der Waals surface area contributed by atoms with Crippen LogP contribution in [0.4, 0.5) is 29.1 Å². The van der Waals surface area contributed by atoms with Crippen LogP contribution in [0.3, 0.4) is 0 Å². The van der Waals surface area contributed by atoms with Crippen molar-refractivity contribution in [2.45, 2.75) is 24.9 Å². The maximum Gasteiger partial charge on any atom is 0.526 e. The minimum absolute atomic E-state index is 0.0128. The highest BCUT2D eigenvalue weighted by atomic mass is 31.2. The van der Waals surface area contributed by atoms with Crippen LogP contribution in [0.5, 0.6) is 5.88 Å². The molecule has 0 aliphatic heterocycles. The lowest BCUT2D eigenvalue weighted by molar-refractivity contribution is -0.137. The number of benzene rings is 2. The maximum atomic E-state index is 14.1. The average Bonchev–Trinajstić information content (AvgIpc) is 3.64. The molecule has 0 bridgehead atoms. The minimum Gasteiger partial charge on any atom is -0.386 e. The third kappa shape index (κ3) is 6.50. The topological polar surface area (TPSA) is 138 Å². The smallest absolute Gasteiger partial charge is 0.386 e. The molecule has 1 heterocycles. The molecule has 1 amide bonds. The van der Waals surface area contributed by atoms with Gasteiger partial charge in [0.25, 0.3) is 5.91 Å². The first-order valence-corrected chi connectivity index (χ1v) is 12.2. The molecular weight excluding hydrogens is 519 g/mol. The summed E-state index contributed by atoms with van der Waals surface area (Å²) in [5.41, 5.74) is 5.87. The molecule has 3 aromatic rings. The Hall–Kier alpha value is -3.80. The number of nitrogens with two attached hydrogens (primary N) is 1. The Morgan fingerprint density at radius 3 is 2.38 bits per heavy atom. The molecule has 1 saturated carbocycles. The Labute approximate surface area is 207 Å². The van der Waals surface area contributed by atoms with Gasteiger partial charge in [-0.25, -0.2) is 8.96 Å². The third-order valence-corrected chi connectivity index (χ3v) is 5.73. The van der Waals surface area contributed by atoms with Crippen molar-refractivity contribution in [3.63, 3.8) is 0 Å². The Morgan fingerprint density at radius 2 is 1.78 bits per heavy atom. The van der Waals surface area contributed by atoms with E-state index in [9.17, 15) is 26.9 Å². The first-order valence-electron chi connectivity index (χ1n) is 10.7. The van der Waals surface area contributed by atoms with Gasteiger partial charge in [-0.15, -0.1) is 0 Å². The number of guanidine groups is 1. The Balaban J connectivity index is 1.77. The number of amides is 1. The molecule has 0 unspecified atom stereocenters. The predicted octanol–water partition coefficient (Wildman–Crippen LogP) is 4.88. The van der Waals surface area contributed by atoms with Crippen LogP contribution in [-0.2, 0) is 10.7 Å². The van der Waals surface area contributed by atoms with Gasteiger partial charge in [-0.1, -0.05) is 6.07 Å². The average molecular weight is 538 g/mol. The lowest BCUT2D eigenvalue weighted by Crippen LogP contribution is -2.35. The summed E-state index contributed by atoms with van der Waals surface area (Å²) in [5, 5.41) is 0. The summed E-state index contributed by atoms with van der Waals surface area (Å²) in [6.45, 7) is 0. The van der Waals surface area contributed by atoms with Crippen molar-refractivity contribution in [1.82, 2.24) is 4.98 Å². The number of halogens is 4. The maximum absolute atomic E-state index is 14.1. The molecule has 0 atom stereocenters. The van der Waals surface area contributed by atoms with Crippen LogP contribution >= 0.6 is 7.82 Å². The van der Waals surface area contributed by atoms with E-state index >= 15 is 0 Å². The fourth-order valence-electron chi connectivity index (χ4n) is 3.54. The number of hydrogen-bond acceptors (Lipinski definition) is 4. The number of alkyl halides is 3. The molecule has 4 N–H and O–H groups in total. The second-order valence-electron chi connectivity index (χ2n) is 8.08. The zero-order valence-corrected chi connectivity index (χ0v) is 19.7. The van der Waals surface area contributed by atoms with Gasteiger partial charge in [0.2, 0.25) is 11.8 Å². The van der Waals surface area contributed by atoms with Crippen LogP contribution in [0.1, 0.15) is 40.2 Å². The summed E-state index contributed by atoms with van der Waals surface area (Å²) < 4.78 is 68.4. The molecule has 1 aliphatic carbocycles. The van der Waals surface area contributed by atoms with Gasteiger partial charge in [0.1, 0.15) is 11.6 Å². The van der Waals surface area contributed by atoms with E-state index in [1.165, 1.54) is 35.2 Å². The zero-order chi connectivity index (χ0) is 27.0. The second-order valence-corrected chi connectivity index (χ2v) is 9.24. The van der Waals surface area contributed by atoms with Crippen molar-refractivity contribution in [3.05, 3.63) is 83.2 Å². The van der Waals surface area contributed by atoms with E-state index in [2.05, 4.69) is 14.5 Å². The first kappa shape index (κ1) is 26.3. The number of hydrogen-bond donors (Lipinski definition) is 3. The number of nitrogens with zero attached hydrogens (tertiary/aromatic N) is 3. The number of phosphoric acid groups is 1. The highest BCUT2D eigenvalue weighted by Crippen LogP contribution is 2.46. The van der Waals surface area contributed by atoms with Crippen LogP contribution in [0.2, 0.25) is 0 Å². The van der Waals surface area contributed by atoms with Gasteiger partial charge in [0, 0.05) is 11.6 Å². The van der Waals surface area contributed by atoms with Gasteiger partial charge in [0.05, 0.1) is 11.3 Å². The number of anilines is 2. The molecule has 0 saturated heterocycles. The van der Waals surface area contributed by atoms with Gasteiger partial charge in [-0.2, -0.15) is 23.1 Å². The molecule has 0 radical (unpaired) electrons. The van der Waals surface area contributed by atoms with Crippen LogP contribution in [0.25, 0.3) is 0 Å². The summed E-state index contributed by atoms with van der Waals surface area (Å²) >= 11 is 0. The first-order chi connectivity index (χ1) is 17.3. The number of rotatable bonds is 6. The van der Waals surface area contributed by atoms with Gasteiger partial charge < -0.3 is 10.3 Å². The van der Waals surface area contributed by atoms with E-state index in [4.69, 9.17) is 15.5 Å². The molecule has 37 heavy (non-hydrogen) atoms. The molecule has 9 nitrogen and oxygen atoms in total.